The summed E-state index contributed by atoms with van der Waals surface area (Å²) in [6.07, 6.45) is 1.27. The summed E-state index contributed by atoms with van der Waals surface area (Å²) in [6, 6.07) is 14.8. The Labute approximate surface area is 183 Å². The number of anilines is 2. The molecule has 7 nitrogen and oxygen atoms in total. The number of ether oxygens (including phenoxy) is 3. The van der Waals surface area contributed by atoms with E-state index in [2.05, 4.69) is 18.0 Å². The van der Waals surface area contributed by atoms with Gasteiger partial charge < -0.3 is 24.4 Å². The molecule has 2 rings (SSSR count). The van der Waals surface area contributed by atoms with Gasteiger partial charge in [-0.1, -0.05) is 12.7 Å². The smallest absolute Gasteiger partial charge is 0.410 e. The maximum absolute atomic E-state index is 12.0. The molecular formula is C24H29N3O4. The Balaban J connectivity index is 1.98. The number of amides is 1. The monoisotopic (exact) mass is 423 g/mol. The molecule has 0 aromatic heterocycles. The largest absolute Gasteiger partial charge is 0.492 e. The SMILES string of the molecule is C=CCOc1ccc(Nc2cc(C#N)cc(OCCN(C)C(=O)OC(C)(C)C)c2)cc1. The van der Waals surface area contributed by atoms with Crippen molar-refractivity contribution >= 4 is 17.5 Å². The van der Waals surface area contributed by atoms with E-state index in [-0.39, 0.29) is 6.61 Å². The van der Waals surface area contributed by atoms with Crippen LogP contribution in [0.1, 0.15) is 26.3 Å². The number of carbonyl (C=O) groups is 1. The Kier molecular flexibility index (Phi) is 8.33. The van der Waals surface area contributed by atoms with Gasteiger partial charge in [0, 0.05) is 24.5 Å². The Bertz CT molecular complexity index is 927. The van der Waals surface area contributed by atoms with Crippen molar-refractivity contribution < 1.29 is 19.0 Å². The van der Waals surface area contributed by atoms with Crippen LogP contribution in [0, 0.1) is 11.3 Å². The highest BCUT2D eigenvalue weighted by molar-refractivity contribution is 5.67. The second-order valence-corrected chi connectivity index (χ2v) is 7.86. The molecular weight excluding hydrogens is 394 g/mol. The molecule has 0 radical (unpaired) electrons. The maximum Gasteiger partial charge on any atom is 0.410 e. The number of nitrogens with one attached hydrogen (secondary N) is 1. The summed E-state index contributed by atoms with van der Waals surface area (Å²) in [5.74, 6) is 1.28. The van der Waals surface area contributed by atoms with Crippen LogP contribution in [0.4, 0.5) is 16.2 Å². The second kappa shape index (κ2) is 10.9. The van der Waals surface area contributed by atoms with Gasteiger partial charge in [-0.3, -0.25) is 0 Å². The van der Waals surface area contributed by atoms with Crippen molar-refractivity contribution in [1.29, 1.82) is 5.26 Å². The van der Waals surface area contributed by atoms with Gasteiger partial charge in [0.2, 0.25) is 0 Å². The molecule has 0 fully saturated rings. The van der Waals surface area contributed by atoms with E-state index in [9.17, 15) is 10.1 Å². The van der Waals surface area contributed by atoms with Gasteiger partial charge >= 0.3 is 6.09 Å². The summed E-state index contributed by atoms with van der Waals surface area (Å²) in [5.41, 5.74) is 1.47. The van der Waals surface area contributed by atoms with Crippen molar-refractivity contribution in [2.75, 3.05) is 32.1 Å². The van der Waals surface area contributed by atoms with E-state index < -0.39 is 11.7 Å². The number of carbonyl (C=O) groups excluding carboxylic acids is 1. The van der Waals surface area contributed by atoms with Gasteiger partial charge in [0.15, 0.2) is 0 Å². The van der Waals surface area contributed by atoms with Gasteiger partial charge in [-0.25, -0.2) is 4.79 Å². The van der Waals surface area contributed by atoms with Crippen LogP contribution < -0.4 is 14.8 Å². The molecule has 0 unspecified atom stereocenters. The zero-order valence-electron chi connectivity index (χ0n) is 18.5. The Morgan fingerprint density at radius 3 is 2.45 bits per heavy atom. The molecule has 0 atom stereocenters. The summed E-state index contributed by atoms with van der Waals surface area (Å²) in [6.45, 7) is 10.1. The molecule has 0 bridgehead atoms. The first-order valence-corrected chi connectivity index (χ1v) is 9.93. The minimum absolute atomic E-state index is 0.263. The second-order valence-electron chi connectivity index (χ2n) is 7.86. The average Bonchev–Trinajstić information content (AvgIpc) is 2.71. The third kappa shape index (κ3) is 8.31. The molecule has 0 aliphatic heterocycles. The number of hydrogen-bond acceptors (Lipinski definition) is 6. The summed E-state index contributed by atoms with van der Waals surface area (Å²) in [5, 5.41) is 12.6. The number of benzene rings is 2. The van der Waals surface area contributed by atoms with E-state index in [1.165, 1.54) is 4.90 Å². The van der Waals surface area contributed by atoms with Crippen LogP contribution in [-0.4, -0.2) is 43.4 Å². The molecule has 2 aromatic rings. The zero-order chi connectivity index (χ0) is 22.9. The van der Waals surface area contributed by atoms with Gasteiger partial charge in [-0.2, -0.15) is 5.26 Å². The van der Waals surface area contributed by atoms with Crippen molar-refractivity contribution in [3.05, 3.63) is 60.7 Å². The number of nitriles is 1. The van der Waals surface area contributed by atoms with Gasteiger partial charge in [0.25, 0.3) is 0 Å². The van der Waals surface area contributed by atoms with Crippen molar-refractivity contribution in [3.63, 3.8) is 0 Å². The van der Waals surface area contributed by atoms with E-state index in [0.29, 0.717) is 30.2 Å². The lowest BCUT2D eigenvalue weighted by molar-refractivity contribution is 0.0278. The fraction of sp³-hybridized carbons (Fsp3) is 0.333. The first-order valence-electron chi connectivity index (χ1n) is 9.93. The molecule has 0 spiro atoms. The van der Waals surface area contributed by atoms with Gasteiger partial charge in [-0.05, 0) is 57.2 Å². The first kappa shape index (κ1) is 23.6. The van der Waals surface area contributed by atoms with Crippen molar-refractivity contribution in [2.24, 2.45) is 0 Å². The van der Waals surface area contributed by atoms with Crippen molar-refractivity contribution in [3.8, 4) is 17.6 Å². The van der Waals surface area contributed by atoms with E-state index >= 15 is 0 Å². The Morgan fingerprint density at radius 1 is 1.13 bits per heavy atom. The lowest BCUT2D eigenvalue weighted by Crippen LogP contribution is -2.36. The molecule has 2 aromatic carbocycles. The molecule has 0 aliphatic rings. The molecule has 31 heavy (non-hydrogen) atoms. The van der Waals surface area contributed by atoms with Crippen molar-refractivity contribution in [1.82, 2.24) is 4.90 Å². The van der Waals surface area contributed by atoms with Crippen molar-refractivity contribution in [2.45, 2.75) is 26.4 Å². The molecule has 7 heteroatoms. The lowest BCUT2D eigenvalue weighted by atomic mass is 10.2. The van der Waals surface area contributed by atoms with E-state index in [1.54, 1.807) is 31.3 Å². The van der Waals surface area contributed by atoms with Crippen LogP contribution >= 0.6 is 0 Å². The third-order valence-electron chi connectivity index (χ3n) is 3.95. The Hall–Kier alpha value is -3.66. The standard InChI is InChI=1S/C24H29N3O4/c1-6-12-29-21-9-7-19(8-10-21)26-20-14-18(17-25)15-22(16-20)30-13-11-27(5)23(28)31-24(2,3)4/h6-10,14-16,26H,1,11-13H2,2-5H3. The number of likely N-dealkylation sites (N-methyl/N-ethyl adjacent to an activating group) is 1. The fourth-order valence-corrected chi connectivity index (χ4v) is 2.51. The highest BCUT2D eigenvalue weighted by Gasteiger charge is 2.19. The number of nitrogens with zero attached hydrogens (tertiary/aromatic N) is 2. The quantitative estimate of drug-likeness (QED) is 0.564. The summed E-state index contributed by atoms with van der Waals surface area (Å²) in [7, 11) is 1.65. The van der Waals surface area contributed by atoms with Crippen LogP contribution in [0.3, 0.4) is 0 Å². The minimum atomic E-state index is -0.552. The molecule has 0 saturated heterocycles. The van der Waals surface area contributed by atoms with Gasteiger partial charge in [-0.15, -0.1) is 0 Å². The van der Waals surface area contributed by atoms with Crippen LogP contribution in [0.2, 0.25) is 0 Å². The predicted octanol–water partition coefficient (Wildman–Crippen LogP) is 5.11. The molecule has 0 saturated carbocycles. The van der Waals surface area contributed by atoms with Crippen LogP contribution in [0.25, 0.3) is 0 Å². The maximum atomic E-state index is 12.0. The summed E-state index contributed by atoms with van der Waals surface area (Å²) >= 11 is 0. The number of rotatable bonds is 9. The molecule has 164 valence electrons. The van der Waals surface area contributed by atoms with E-state index in [1.807, 2.05) is 45.0 Å². The zero-order valence-corrected chi connectivity index (χ0v) is 18.5. The average molecular weight is 424 g/mol. The summed E-state index contributed by atoms with van der Waals surface area (Å²) in [4.78, 5) is 13.5. The lowest BCUT2D eigenvalue weighted by Gasteiger charge is -2.24. The van der Waals surface area contributed by atoms with E-state index in [4.69, 9.17) is 14.2 Å². The first-order chi connectivity index (χ1) is 14.7. The van der Waals surface area contributed by atoms with Gasteiger partial charge in [0.1, 0.15) is 30.3 Å². The highest BCUT2D eigenvalue weighted by atomic mass is 16.6. The van der Waals surface area contributed by atoms with Gasteiger partial charge in [0.05, 0.1) is 18.2 Å². The fourth-order valence-electron chi connectivity index (χ4n) is 2.51. The topological polar surface area (TPSA) is 83.8 Å². The minimum Gasteiger partial charge on any atom is -0.492 e. The molecule has 0 aliphatic carbocycles. The normalized spacial score (nSPS) is 10.5. The third-order valence-corrected chi connectivity index (χ3v) is 3.95. The van der Waals surface area contributed by atoms with Crippen LogP contribution in [0.5, 0.6) is 11.5 Å². The summed E-state index contributed by atoms with van der Waals surface area (Å²) < 4.78 is 16.6. The molecule has 1 N–H and O–H groups in total. The van der Waals surface area contributed by atoms with Crippen LogP contribution in [-0.2, 0) is 4.74 Å². The predicted molar refractivity (Wildman–Crippen MR) is 121 cm³/mol. The molecule has 1 amide bonds. The van der Waals surface area contributed by atoms with E-state index in [0.717, 1.165) is 11.4 Å². The Morgan fingerprint density at radius 2 is 1.84 bits per heavy atom. The highest BCUT2D eigenvalue weighted by Crippen LogP contribution is 2.25. The number of hydrogen-bond donors (Lipinski definition) is 1. The molecule has 0 heterocycles. The van der Waals surface area contributed by atoms with Crippen LogP contribution in [0.15, 0.2) is 55.1 Å².